The summed E-state index contributed by atoms with van der Waals surface area (Å²) in [5.74, 6) is -6.57. The van der Waals surface area contributed by atoms with Crippen molar-refractivity contribution in [3.05, 3.63) is 44.1 Å². The van der Waals surface area contributed by atoms with Crippen LogP contribution < -0.4 is 80.4 Å². The van der Waals surface area contributed by atoms with Gasteiger partial charge < -0.3 is 50.7 Å². The predicted molar refractivity (Wildman–Crippen MR) is 193 cm³/mol. The molecule has 26 heteroatoms. The van der Waals surface area contributed by atoms with Crippen molar-refractivity contribution in [2.75, 3.05) is 44.2 Å². The first-order chi connectivity index (χ1) is 26.2. The van der Waals surface area contributed by atoms with Gasteiger partial charge in [-0.25, -0.2) is 4.98 Å². The fourth-order valence-electron chi connectivity index (χ4n) is 6.72. The van der Waals surface area contributed by atoms with Crippen molar-refractivity contribution in [3.63, 3.8) is 0 Å². The Hall–Kier alpha value is -3.03. The van der Waals surface area contributed by atoms with Crippen molar-refractivity contribution in [1.82, 2.24) is 35.8 Å². The normalized spacial score (nSPS) is 19.1. The molecule has 3 aromatic rings. The number of nitrogen functional groups attached to an aromatic ring is 1. The number of hydrogen-bond acceptors (Lipinski definition) is 17. The minimum Gasteiger partial charge on any atom is -0.546 e. The molecule has 2 aromatic heterocycles. The van der Waals surface area contributed by atoms with Gasteiger partial charge in [0.15, 0.2) is 34.2 Å². The molecule has 0 unspecified atom stereocenters. The predicted octanol–water partition coefficient (Wildman–Crippen LogP) is -6.15. The van der Waals surface area contributed by atoms with Gasteiger partial charge in [-0.1, -0.05) is 39.7 Å². The van der Waals surface area contributed by atoms with E-state index in [-0.39, 0.29) is 97.2 Å². The van der Waals surface area contributed by atoms with Gasteiger partial charge in [0.05, 0.1) is 72.0 Å². The van der Waals surface area contributed by atoms with E-state index in [0.29, 0.717) is 29.0 Å². The Morgan fingerprint density at radius 1 is 1.19 bits per heavy atom. The summed E-state index contributed by atoms with van der Waals surface area (Å²) in [6.07, 6.45) is -1.65. The van der Waals surface area contributed by atoms with Gasteiger partial charge in [-0.2, -0.15) is 5.21 Å². The first-order valence-electron chi connectivity index (χ1n) is 16.5. The molecule has 2 fully saturated rings. The van der Waals surface area contributed by atoms with Crippen molar-refractivity contribution >= 4 is 92.4 Å². The third-order valence-electron chi connectivity index (χ3n) is 9.33. The van der Waals surface area contributed by atoms with Crippen LogP contribution in [-0.4, -0.2) is 130 Å². The number of carbonyl (C=O) groups is 5. The van der Waals surface area contributed by atoms with Gasteiger partial charge in [-0.05, 0) is 12.1 Å². The summed E-state index contributed by atoms with van der Waals surface area (Å²) in [4.78, 5) is 73.6. The standard InChI is InChI=1S/C31H32Cl2N10O10S2.2Na/c32-20-14(3-4-16(44)24(20)48)27(49)35-5-8-43(6-1-2-7-43)11-13-12-54-29-15(28(50)42(29)23(13)26-37-40-41-38-26)9-17(45)21(22-25(33)55-31(34)36-22)39-53-18(30(51)52)10-19(46)47;;/h3-4,15,18,29H,1-2,5-12H2,(H7-,34,35,36,37,38,39,40,41,44,45,46,47,48,49,51,52);;/q;2*+1/p-1/t15-,18+,29-;;/m1../s1. The van der Waals surface area contributed by atoms with E-state index in [4.69, 9.17) is 38.9 Å². The van der Waals surface area contributed by atoms with Crippen LogP contribution in [0, 0.1) is 5.92 Å². The zero-order valence-electron chi connectivity index (χ0n) is 30.4. The Balaban J connectivity index is 0.00000360. The number of Topliss-reactive ketones (excluding diaryl/α,β-unsaturated/α-hetero) is 1. The first kappa shape index (κ1) is 46.7. The Morgan fingerprint density at radius 3 is 2.53 bits per heavy atom. The van der Waals surface area contributed by atoms with Crippen LogP contribution in [-0.2, 0) is 24.0 Å². The van der Waals surface area contributed by atoms with E-state index in [1.807, 2.05) is 0 Å². The number of anilines is 1. The minimum atomic E-state index is -2.05. The van der Waals surface area contributed by atoms with Crippen molar-refractivity contribution in [2.45, 2.75) is 37.2 Å². The second kappa shape index (κ2) is 19.8. The maximum absolute atomic E-state index is 13.9. The van der Waals surface area contributed by atoms with Crippen molar-refractivity contribution in [2.24, 2.45) is 11.1 Å². The Bertz CT molecular complexity index is 2100. The van der Waals surface area contributed by atoms with Crippen molar-refractivity contribution in [1.29, 1.82) is 0 Å². The van der Waals surface area contributed by atoms with E-state index in [1.165, 1.54) is 28.8 Å². The summed E-state index contributed by atoms with van der Waals surface area (Å²) in [6.45, 7) is 2.80. The number of carboxylic acid groups (broad SMARTS) is 2. The second-order valence-corrected chi connectivity index (χ2v) is 16.0. The number of aromatic hydroxyl groups is 2. The zero-order valence-corrected chi connectivity index (χ0v) is 37.5. The number of nitrogens with zero attached hydrogens (tertiary/aromatic N) is 8. The number of aromatic nitrogens is 5. The van der Waals surface area contributed by atoms with Gasteiger partial charge in [0.25, 0.3) is 5.91 Å². The molecule has 0 radical (unpaired) electrons. The van der Waals surface area contributed by atoms with E-state index in [0.717, 1.165) is 42.8 Å². The number of benzene rings is 1. The van der Waals surface area contributed by atoms with Crippen LogP contribution in [0.25, 0.3) is 5.70 Å². The third-order valence-corrected chi connectivity index (χ3v) is 12.2. The molecule has 0 spiro atoms. The third kappa shape index (κ3) is 10.2. The molecule has 6 rings (SSSR count). The number of likely N-dealkylation sites (tertiary alicyclic amines) is 1. The van der Waals surface area contributed by atoms with Gasteiger partial charge in [0.1, 0.15) is 16.6 Å². The molecule has 2 saturated heterocycles. The largest absolute Gasteiger partial charge is 1.00 e. The summed E-state index contributed by atoms with van der Waals surface area (Å²) in [5.41, 5.74) is 6.23. The number of halogens is 2. The summed E-state index contributed by atoms with van der Waals surface area (Å²) in [5, 5.41) is 61.1. The quantitative estimate of drug-likeness (QED) is 0.0223. The van der Waals surface area contributed by atoms with E-state index < -0.39 is 77.0 Å². The molecule has 57 heavy (non-hydrogen) atoms. The fourth-order valence-corrected chi connectivity index (χ4v) is 9.30. The molecule has 2 amide bonds. The minimum absolute atomic E-state index is 0. The summed E-state index contributed by atoms with van der Waals surface area (Å²) in [7, 11) is 0. The molecule has 3 atom stereocenters. The van der Waals surface area contributed by atoms with Gasteiger partial charge in [0.2, 0.25) is 5.91 Å². The number of ketones is 1. The number of aliphatic carboxylic acids is 2. The van der Waals surface area contributed by atoms with Crippen LogP contribution in [0.3, 0.4) is 0 Å². The van der Waals surface area contributed by atoms with Gasteiger partial charge in [-0.3, -0.25) is 34.4 Å². The van der Waals surface area contributed by atoms with Crippen LogP contribution in [0.4, 0.5) is 5.13 Å². The molecule has 20 nitrogen and oxygen atoms in total. The molecule has 3 aliphatic rings. The summed E-state index contributed by atoms with van der Waals surface area (Å²) >= 11 is 14.5. The number of thioether (sulfide) groups is 1. The van der Waals surface area contributed by atoms with Gasteiger partial charge in [-0.15, -0.1) is 11.8 Å². The number of nitrogens with one attached hydrogen (secondary N) is 1. The van der Waals surface area contributed by atoms with Gasteiger partial charge >= 0.3 is 65.1 Å². The molecule has 5 heterocycles. The zero-order chi connectivity index (χ0) is 39.6. The van der Waals surface area contributed by atoms with Gasteiger partial charge in [0, 0.05) is 30.6 Å². The van der Waals surface area contributed by atoms with Crippen molar-refractivity contribution < 1.29 is 113 Å². The smallest absolute Gasteiger partial charge is 0.546 e. The number of phenols is 2. The number of carbonyl (C=O) groups excluding carboxylic acids is 4. The number of hydrogen-bond donors (Lipinski definition) is 5. The molecule has 3 aliphatic heterocycles. The van der Waals surface area contributed by atoms with Crippen LogP contribution in [0.15, 0.2) is 22.9 Å². The van der Waals surface area contributed by atoms with E-state index >= 15 is 0 Å². The number of fused-ring (bicyclic) bond motifs is 1. The Morgan fingerprint density at radius 2 is 1.91 bits per heavy atom. The number of quaternary nitrogens is 1. The maximum Gasteiger partial charge on any atom is 1.00 e. The molecule has 292 valence electrons. The fraction of sp³-hybridized carbons (Fsp3) is 0.419. The molecular weight excluding hydrogens is 853 g/mol. The maximum atomic E-state index is 13.9. The van der Waals surface area contributed by atoms with E-state index in [9.17, 15) is 39.3 Å². The second-order valence-electron chi connectivity index (χ2n) is 12.9. The molecule has 6 N–H and O–H groups in total. The van der Waals surface area contributed by atoms with Crippen LogP contribution in [0.1, 0.15) is 47.6 Å². The average Bonchev–Trinajstić information content (AvgIpc) is 3.91. The van der Waals surface area contributed by atoms with Crippen LogP contribution >= 0.6 is 46.3 Å². The number of rotatable bonds is 16. The number of phenolic OH excluding ortho intramolecular Hbond substituents is 2. The Kier molecular flexibility index (Phi) is 16.2. The molecule has 1 aromatic carbocycles. The SMILES string of the molecule is Nc1nc(/C(=N/O[C@@H](CC(=O)O)C(=O)[O-])C(=O)C[C@@H]2C(=O)N3C(c4nnn[n-]4)=C(C[N+]4(CCNC(=O)c5ccc(O)c(O)c5Cl)CCCC4)CS[C@H]23)c(Cl)s1.[Na+].[Na+]. The molecule has 0 saturated carbocycles. The number of β-lactam (4-membered cyclic amide) rings is 1. The molecular formula is C31H31Cl2N10Na2O10S2+. The number of tetrazole rings is 1. The Labute approximate surface area is 385 Å². The van der Waals surface area contributed by atoms with Crippen molar-refractivity contribution in [3.8, 4) is 11.5 Å². The number of nitrogens with two attached hydrogens (primary N) is 1. The summed E-state index contributed by atoms with van der Waals surface area (Å²) in [6, 6.07) is 2.49. The average molecular weight is 885 g/mol. The van der Waals surface area contributed by atoms with Crippen LogP contribution in [0.5, 0.6) is 11.5 Å². The number of oxime groups is 1. The summed E-state index contributed by atoms with van der Waals surface area (Å²) < 4.78 is 0.492. The van der Waals surface area contributed by atoms with E-state index in [1.54, 1.807) is 0 Å². The number of amides is 2. The topological polar surface area (TPSA) is 298 Å². The van der Waals surface area contributed by atoms with Crippen LogP contribution in [0.2, 0.25) is 9.36 Å². The monoisotopic (exact) mass is 883 g/mol. The van der Waals surface area contributed by atoms with E-state index in [2.05, 4.69) is 36.1 Å². The molecule has 0 bridgehead atoms. The molecule has 0 aliphatic carbocycles. The number of thiazole rings is 1. The number of carboxylic acids is 2. The first-order valence-corrected chi connectivity index (χ1v) is 19.1.